The van der Waals surface area contributed by atoms with Crippen LogP contribution in [0, 0.1) is 6.92 Å². The minimum atomic E-state index is -0.589. The summed E-state index contributed by atoms with van der Waals surface area (Å²) in [6.07, 6.45) is 1.60. The number of ether oxygens (including phenoxy) is 1. The molecule has 0 radical (unpaired) electrons. The Morgan fingerprint density at radius 2 is 2.05 bits per heavy atom. The van der Waals surface area contributed by atoms with E-state index >= 15 is 0 Å². The molecule has 6 nitrogen and oxygen atoms in total. The van der Waals surface area contributed by atoms with Crippen molar-refractivity contribution in [2.45, 2.75) is 6.92 Å². The minimum absolute atomic E-state index is 0.302. The molecule has 0 aliphatic heterocycles. The van der Waals surface area contributed by atoms with Crippen LogP contribution in [0.3, 0.4) is 0 Å². The number of hydrogen-bond donors (Lipinski definition) is 2. The van der Waals surface area contributed by atoms with E-state index in [0.29, 0.717) is 17.1 Å². The zero-order valence-corrected chi connectivity index (χ0v) is 11.9. The van der Waals surface area contributed by atoms with Crippen molar-refractivity contribution >= 4 is 23.3 Å². The lowest BCUT2D eigenvalue weighted by Crippen LogP contribution is -2.22. The van der Waals surface area contributed by atoms with E-state index in [1.807, 2.05) is 25.1 Å². The fraction of sp³-hybridized carbons (Fsp3) is 0.200. The number of nitrogens with two attached hydrogens (primary N) is 1. The molecule has 0 unspecified atom stereocenters. The highest BCUT2D eigenvalue weighted by molar-refractivity contribution is 5.95. The first-order valence-corrected chi connectivity index (χ1v) is 6.42. The maximum atomic E-state index is 11.8. The third-order valence-corrected chi connectivity index (χ3v) is 2.99. The first kappa shape index (κ1) is 14.6. The van der Waals surface area contributed by atoms with E-state index in [-0.39, 0.29) is 12.5 Å². The summed E-state index contributed by atoms with van der Waals surface area (Å²) in [7, 11) is 1.68. The van der Waals surface area contributed by atoms with Crippen molar-refractivity contribution in [1.29, 1.82) is 0 Å². The van der Waals surface area contributed by atoms with Gasteiger partial charge in [-0.1, -0.05) is 18.2 Å². The Labute approximate surface area is 122 Å². The van der Waals surface area contributed by atoms with E-state index in [4.69, 9.17) is 10.5 Å². The highest BCUT2D eigenvalue weighted by Gasteiger charge is 2.14. The Hall–Kier alpha value is -2.76. The maximum absolute atomic E-state index is 11.8. The number of nitrogens with zero attached hydrogens (tertiary/aromatic N) is 1. The van der Waals surface area contributed by atoms with E-state index in [1.165, 1.54) is 6.07 Å². The van der Waals surface area contributed by atoms with Gasteiger partial charge in [0, 0.05) is 18.9 Å². The van der Waals surface area contributed by atoms with Gasteiger partial charge in [0.1, 0.15) is 5.69 Å². The molecule has 3 N–H and O–H groups in total. The van der Waals surface area contributed by atoms with Crippen molar-refractivity contribution in [3.63, 3.8) is 0 Å². The second-order valence-electron chi connectivity index (χ2n) is 4.71. The van der Waals surface area contributed by atoms with Gasteiger partial charge >= 0.3 is 5.97 Å². The molecular formula is C15H17N3O3. The highest BCUT2D eigenvalue weighted by Crippen LogP contribution is 2.13. The number of anilines is 2. The van der Waals surface area contributed by atoms with Crippen molar-refractivity contribution < 1.29 is 14.3 Å². The molecule has 0 saturated carbocycles. The predicted octanol–water partition coefficient (Wildman–Crippen LogP) is 1.71. The van der Waals surface area contributed by atoms with Crippen LogP contribution in [0.25, 0.3) is 0 Å². The van der Waals surface area contributed by atoms with Crippen molar-refractivity contribution in [3.8, 4) is 0 Å². The molecule has 0 fully saturated rings. The Kier molecular flexibility index (Phi) is 4.27. The van der Waals surface area contributed by atoms with E-state index in [2.05, 4.69) is 5.32 Å². The van der Waals surface area contributed by atoms with Crippen LogP contribution in [0.5, 0.6) is 0 Å². The third-order valence-electron chi connectivity index (χ3n) is 2.99. The molecule has 0 atom stereocenters. The number of amides is 1. The number of nitrogen functional groups attached to an aromatic ring is 1. The number of para-hydroxylation sites is 1. The highest BCUT2D eigenvalue weighted by atomic mass is 16.5. The molecule has 6 heteroatoms. The molecular weight excluding hydrogens is 270 g/mol. The first-order chi connectivity index (χ1) is 9.97. The third kappa shape index (κ3) is 3.62. The van der Waals surface area contributed by atoms with Gasteiger partial charge in [0.25, 0.3) is 5.91 Å². The molecule has 110 valence electrons. The molecule has 0 aliphatic rings. The van der Waals surface area contributed by atoms with Gasteiger partial charge < -0.3 is 20.4 Å². The van der Waals surface area contributed by atoms with Gasteiger partial charge in [0.2, 0.25) is 0 Å². The van der Waals surface area contributed by atoms with Crippen LogP contribution in [0.15, 0.2) is 36.5 Å². The van der Waals surface area contributed by atoms with Gasteiger partial charge in [-0.25, -0.2) is 4.79 Å². The van der Waals surface area contributed by atoms with E-state index in [0.717, 1.165) is 5.56 Å². The number of hydrogen-bond acceptors (Lipinski definition) is 4. The average molecular weight is 287 g/mol. The Morgan fingerprint density at radius 1 is 1.33 bits per heavy atom. The molecule has 0 saturated heterocycles. The first-order valence-electron chi connectivity index (χ1n) is 6.42. The second-order valence-corrected chi connectivity index (χ2v) is 4.71. The summed E-state index contributed by atoms with van der Waals surface area (Å²) in [4.78, 5) is 23.6. The average Bonchev–Trinajstić information content (AvgIpc) is 2.78. The lowest BCUT2D eigenvalue weighted by Gasteiger charge is -2.08. The Bertz CT molecular complexity index is 677. The molecule has 0 aliphatic carbocycles. The largest absolute Gasteiger partial charge is 0.451 e. The van der Waals surface area contributed by atoms with Crippen LogP contribution in [-0.4, -0.2) is 23.1 Å². The zero-order valence-electron chi connectivity index (χ0n) is 11.9. The van der Waals surface area contributed by atoms with Crippen LogP contribution in [0.1, 0.15) is 16.1 Å². The Balaban J connectivity index is 1.91. The van der Waals surface area contributed by atoms with Crippen molar-refractivity contribution in [1.82, 2.24) is 4.57 Å². The topological polar surface area (TPSA) is 86.3 Å². The Morgan fingerprint density at radius 3 is 2.67 bits per heavy atom. The fourth-order valence-electron chi connectivity index (χ4n) is 1.90. The smallest absolute Gasteiger partial charge is 0.355 e. The maximum Gasteiger partial charge on any atom is 0.355 e. The van der Waals surface area contributed by atoms with Crippen LogP contribution >= 0.6 is 0 Å². The van der Waals surface area contributed by atoms with E-state index in [9.17, 15) is 9.59 Å². The molecule has 1 aromatic carbocycles. The van der Waals surface area contributed by atoms with E-state index < -0.39 is 5.97 Å². The number of aryl methyl sites for hydroxylation is 2. The minimum Gasteiger partial charge on any atom is -0.451 e. The number of aromatic nitrogens is 1. The van der Waals surface area contributed by atoms with Gasteiger partial charge in [-0.15, -0.1) is 0 Å². The fourth-order valence-corrected chi connectivity index (χ4v) is 1.90. The summed E-state index contributed by atoms with van der Waals surface area (Å²) in [5, 5.41) is 2.69. The summed E-state index contributed by atoms with van der Waals surface area (Å²) in [6, 6.07) is 8.87. The number of nitrogens with one attached hydrogen (secondary N) is 1. The molecule has 2 aromatic rings. The summed E-state index contributed by atoms with van der Waals surface area (Å²) >= 11 is 0. The molecule has 1 amide bonds. The standard InChI is InChI=1S/C15H17N3O3/c1-10-5-3-4-6-12(10)17-14(19)9-21-15(20)13-7-11(16)8-18(13)2/h3-8H,9,16H2,1-2H3,(H,17,19). The van der Waals surface area contributed by atoms with Gasteiger partial charge in [0.15, 0.2) is 6.61 Å². The lowest BCUT2D eigenvalue weighted by molar-refractivity contribution is -0.119. The summed E-state index contributed by atoms with van der Waals surface area (Å²) in [5.74, 6) is -0.978. The number of rotatable bonds is 4. The van der Waals surface area contributed by atoms with Crippen molar-refractivity contribution in [3.05, 3.63) is 47.8 Å². The number of carbonyl (C=O) groups is 2. The van der Waals surface area contributed by atoms with Crippen LogP contribution in [-0.2, 0) is 16.6 Å². The molecule has 0 spiro atoms. The van der Waals surface area contributed by atoms with Gasteiger partial charge in [-0.05, 0) is 24.6 Å². The zero-order chi connectivity index (χ0) is 15.4. The normalized spacial score (nSPS) is 10.2. The second kappa shape index (κ2) is 6.13. The van der Waals surface area contributed by atoms with Crippen LogP contribution in [0.2, 0.25) is 0 Å². The SMILES string of the molecule is Cc1ccccc1NC(=O)COC(=O)c1cc(N)cn1C. The van der Waals surface area contributed by atoms with Crippen LogP contribution < -0.4 is 11.1 Å². The molecule has 1 aromatic heterocycles. The summed E-state index contributed by atoms with van der Waals surface area (Å²) < 4.78 is 6.52. The van der Waals surface area contributed by atoms with Gasteiger partial charge in [0.05, 0.1) is 5.69 Å². The van der Waals surface area contributed by atoms with Crippen molar-refractivity contribution in [2.75, 3.05) is 17.7 Å². The monoisotopic (exact) mass is 287 g/mol. The number of benzene rings is 1. The van der Waals surface area contributed by atoms with Gasteiger partial charge in [-0.3, -0.25) is 4.79 Å². The molecule has 21 heavy (non-hydrogen) atoms. The summed E-state index contributed by atoms with van der Waals surface area (Å²) in [6.45, 7) is 1.53. The lowest BCUT2D eigenvalue weighted by atomic mass is 10.2. The molecule has 1 heterocycles. The number of esters is 1. The molecule has 2 rings (SSSR count). The van der Waals surface area contributed by atoms with Crippen LogP contribution in [0.4, 0.5) is 11.4 Å². The summed E-state index contributed by atoms with van der Waals surface area (Å²) in [5.41, 5.74) is 7.99. The quantitative estimate of drug-likeness (QED) is 0.838. The van der Waals surface area contributed by atoms with Gasteiger partial charge in [-0.2, -0.15) is 0 Å². The van der Waals surface area contributed by atoms with Crippen molar-refractivity contribution in [2.24, 2.45) is 7.05 Å². The molecule has 0 bridgehead atoms. The predicted molar refractivity (Wildman–Crippen MR) is 79.9 cm³/mol. The van der Waals surface area contributed by atoms with E-state index in [1.54, 1.807) is 23.9 Å². The number of carbonyl (C=O) groups excluding carboxylic acids is 2.